The van der Waals surface area contributed by atoms with Crippen LogP contribution in [-0.2, 0) is 4.74 Å². The van der Waals surface area contributed by atoms with Gasteiger partial charge in [0, 0.05) is 25.7 Å². The molecule has 0 aliphatic carbocycles. The van der Waals surface area contributed by atoms with Crippen molar-refractivity contribution in [1.82, 2.24) is 10.2 Å². The predicted molar refractivity (Wildman–Crippen MR) is 84.3 cm³/mol. The summed E-state index contributed by atoms with van der Waals surface area (Å²) < 4.78 is 5.48. The van der Waals surface area contributed by atoms with E-state index in [1.54, 1.807) is 0 Å². The summed E-state index contributed by atoms with van der Waals surface area (Å²) in [5, 5.41) is 13.1. The maximum absolute atomic E-state index is 12.3. The number of nitrogens with one attached hydrogen (secondary N) is 1. The molecular weight excluding hydrogens is 268 g/mol. The smallest absolute Gasteiger partial charge is 0.410 e. The molecule has 0 aromatic carbocycles. The van der Waals surface area contributed by atoms with E-state index in [-0.39, 0.29) is 24.2 Å². The molecule has 0 bridgehead atoms. The van der Waals surface area contributed by atoms with Crippen molar-refractivity contribution in [2.75, 3.05) is 19.6 Å². The first kappa shape index (κ1) is 18.2. The number of amides is 1. The Kier molecular flexibility index (Phi) is 6.94. The van der Waals surface area contributed by atoms with Gasteiger partial charge >= 0.3 is 6.09 Å². The highest BCUT2D eigenvalue weighted by Crippen LogP contribution is 2.20. The average molecular weight is 300 g/mol. The van der Waals surface area contributed by atoms with Gasteiger partial charge in [-0.05, 0) is 46.0 Å². The van der Waals surface area contributed by atoms with E-state index in [2.05, 4.69) is 5.32 Å². The lowest BCUT2D eigenvalue weighted by Crippen LogP contribution is -2.50. The number of rotatable bonds is 5. The summed E-state index contributed by atoms with van der Waals surface area (Å²) in [4.78, 5) is 14.1. The van der Waals surface area contributed by atoms with Crippen LogP contribution in [0.15, 0.2) is 0 Å². The van der Waals surface area contributed by atoms with Gasteiger partial charge in [-0.25, -0.2) is 4.79 Å². The summed E-state index contributed by atoms with van der Waals surface area (Å²) in [6, 6.07) is 0.160. The molecule has 2 N–H and O–H groups in total. The molecule has 2 atom stereocenters. The molecule has 0 spiro atoms. The minimum absolute atomic E-state index is 0.160. The molecule has 0 saturated carbocycles. The third kappa shape index (κ3) is 6.66. The highest BCUT2D eigenvalue weighted by Gasteiger charge is 2.30. The summed E-state index contributed by atoms with van der Waals surface area (Å²) >= 11 is 0. The second-order valence-electron chi connectivity index (χ2n) is 7.29. The van der Waals surface area contributed by atoms with Gasteiger partial charge in [0.1, 0.15) is 5.60 Å². The van der Waals surface area contributed by atoms with E-state index in [9.17, 15) is 9.90 Å². The van der Waals surface area contributed by atoms with E-state index in [1.807, 2.05) is 39.5 Å². The monoisotopic (exact) mass is 300 g/mol. The lowest BCUT2D eigenvalue weighted by molar-refractivity contribution is 0.00952. The molecule has 1 heterocycles. The Morgan fingerprint density at radius 3 is 2.62 bits per heavy atom. The highest BCUT2D eigenvalue weighted by atomic mass is 16.6. The van der Waals surface area contributed by atoms with E-state index < -0.39 is 5.60 Å². The van der Waals surface area contributed by atoms with Crippen LogP contribution in [-0.4, -0.2) is 53.5 Å². The van der Waals surface area contributed by atoms with Crippen LogP contribution in [0.4, 0.5) is 4.79 Å². The number of aliphatic hydroxyl groups excluding tert-OH is 1. The fourth-order valence-electron chi connectivity index (χ4n) is 2.41. The lowest BCUT2D eigenvalue weighted by Gasteiger charge is -2.37. The van der Waals surface area contributed by atoms with Gasteiger partial charge in [-0.1, -0.05) is 13.8 Å². The number of hydrogen-bond donors (Lipinski definition) is 2. The number of piperidine rings is 1. The van der Waals surface area contributed by atoms with Gasteiger partial charge < -0.3 is 20.1 Å². The number of likely N-dealkylation sites (tertiary alicyclic amines) is 1. The summed E-state index contributed by atoms with van der Waals surface area (Å²) in [7, 11) is 0. The molecule has 1 aliphatic rings. The molecular formula is C16H32N2O3. The standard InChI is InChI=1S/C16H32N2O3/c1-12(2)14(19)11-17-10-13-8-6-7-9-18(13)15(20)21-16(3,4)5/h12-14,17,19H,6-11H2,1-5H3. The number of nitrogens with zero attached hydrogens (tertiary/aromatic N) is 1. The minimum atomic E-state index is -0.458. The highest BCUT2D eigenvalue weighted by molar-refractivity contribution is 5.68. The maximum Gasteiger partial charge on any atom is 0.410 e. The minimum Gasteiger partial charge on any atom is -0.444 e. The fraction of sp³-hybridized carbons (Fsp3) is 0.938. The Hall–Kier alpha value is -0.810. The first-order valence-corrected chi connectivity index (χ1v) is 8.09. The van der Waals surface area contributed by atoms with Crippen LogP contribution in [0.25, 0.3) is 0 Å². The zero-order chi connectivity index (χ0) is 16.0. The molecule has 0 aromatic rings. The topological polar surface area (TPSA) is 61.8 Å². The number of carbonyl (C=O) groups is 1. The second-order valence-corrected chi connectivity index (χ2v) is 7.29. The van der Waals surface area contributed by atoms with E-state index in [0.717, 1.165) is 25.8 Å². The second kappa shape index (κ2) is 7.99. The van der Waals surface area contributed by atoms with E-state index in [0.29, 0.717) is 13.1 Å². The molecule has 21 heavy (non-hydrogen) atoms. The van der Waals surface area contributed by atoms with Crippen molar-refractivity contribution in [1.29, 1.82) is 0 Å². The summed E-state index contributed by atoms with van der Waals surface area (Å²) in [6.07, 6.45) is 2.59. The van der Waals surface area contributed by atoms with E-state index in [4.69, 9.17) is 4.74 Å². The van der Waals surface area contributed by atoms with Crippen LogP contribution in [0.2, 0.25) is 0 Å². The molecule has 1 saturated heterocycles. The zero-order valence-electron chi connectivity index (χ0n) is 14.2. The van der Waals surface area contributed by atoms with E-state index >= 15 is 0 Å². The number of aliphatic hydroxyl groups is 1. The van der Waals surface area contributed by atoms with E-state index in [1.165, 1.54) is 0 Å². The van der Waals surface area contributed by atoms with Crippen LogP contribution < -0.4 is 5.32 Å². The summed E-state index contributed by atoms with van der Waals surface area (Å²) in [5.74, 6) is 0.241. The zero-order valence-corrected chi connectivity index (χ0v) is 14.2. The Labute approximate surface area is 129 Å². The molecule has 0 radical (unpaired) electrons. The quantitative estimate of drug-likeness (QED) is 0.818. The normalized spacial score (nSPS) is 21.5. The number of hydrogen-bond acceptors (Lipinski definition) is 4. The molecule has 1 fully saturated rings. The lowest BCUT2D eigenvalue weighted by atomic mass is 10.0. The molecule has 124 valence electrons. The van der Waals surface area contributed by atoms with Crippen molar-refractivity contribution in [3.05, 3.63) is 0 Å². The Balaban J connectivity index is 2.47. The summed E-state index contributed by atoms with van der Waals surface area (Å²) in [5.41, 5.74) is -0.458. The van der Waals surface area contributed by atoms with Crippen molar-refractivity contribution in [2.45, 2.75) is 71.6 Å². The van der Waals surface area contributed by atoms with Crippen LogP contribution in [0.3, 0.4) is 0 Å². The first-order chi connectivity index (χ1) is 9.70. The van der Waals surface area contributed by atoms with Gasteiger partial charge in [0.15, 0.2) is 0 Å². The van der Waals surface area contributed by atoms with Crippen LogP contribution in [0.5, 0.6) is 0 Å². The van der Waals surface area contributed by atoms with Crippen molar-refractivity contribution < 1.29 is 14.6 Å². The van der Waals surface area contributed by atoms with Crippen LogP contribution >= 0.6 is 0 Å². The first-order valence-electron chi connectivity index (χ1n) is 8.09. The molecule has 0 aromatic heterocycles. The Morgan fingerprint density at radius 1 is 1.38 bits per heavy atom. The average Bonchev–Trinajstić information content (AvgIpc) is 2.37. The van der Waals surface area contributed by atoms with Crippen LogP contribution in [0, 0.1) is 5.92 Å². The third-order valence-corrected chi connectivity index (χ3v) is 3.76. The molecule has 1 aliphatic heterocycles. The van der Waals surface area contributed by atoms with Gasteiger partial charge in [-0.15, -0.1) is 0 Å². The number of ether oxygens (including phenoxy) is 1. The van der Waals surface area contributed by atoms with Gasteiger partial charge in [0.05, 0.1) is 6.10 Å². The van der Waals surface area contributed by atoms with Gasteiger partial charge in [-0.3, -0.25) is 0 Å². The fourth-order valence-corrected chi connectivity index (χ4v) is 2.41. The largest absolute Gasteiger partial charge is 0.444 e. The van der Waals surface area contributed by atoms with Crippen molar-refractivity contribution in [3.8, 4) is 0 Å². The molecule has 5 heteroatoms. The summed E-state index contributed by atoms with van der Waals surface area (Å²) in [6.45, 7) is 11.7. The van der Waals surface area contributed by atoms with Crippen molar-refractivity contribution in [3.63, 3.8) is 0 Å². The van der Waals surface area contributed by atoms with Crippen molar-refractivity contribution in [2.24, 2.45) is 5.92 Å². The Bertz CT molecular complexity index is 326. The molecule has 5 nitrogen and oxygen atoms in total. The predicted octanol–water partition coefficient (Wildman–Crippen LogP) is 2.38. The van der Waals surface area contributed by atoms with Crippen LogP contribution in [0.1, 0.15) is 53.9 Å². The third-order valence-electron chi connectivity index (χ3n) is 3.76. The van der Waals surface area contributed by atoms with Gasteiger partial charge in [0.25, 0.3) is 0 Å². The molecule has 2 unspecified atom stereocenters. The van der Waals surface area contributed by atoms with Gasteiger partial charge in [-0.2, -0.15) is 0 Å². The molecule has 1 amide bonds. The van der Waals surface area contributed by atoms with Crippen molar-refractivity contribution >= 4 is 6.09 Å². The molecule has 1 rings (SSSR count). The maximum atomic E-state index is 12.3. The SMILES string of the molecule is CC(C)C(O)CNCC1CCCCN1C(=O)OC(C)(C)C. The Morgan fingerprint density at radius 2 is 2.05 bits per heavy atom. The van der Waals surface area contributed by atoms with Gasteiger partial charge in [0.2, 0.25) is 0 Å². The number of carbonyl (C=O) groups excluding carboxylic acids is 1.